The zero-order chi connectivity index (χ0) is 27.8. The van der Waals surface area contributed by atoms with Gasteiger partial charge in [0.25, 0.3) is 0 Å². The second-order valence-electron chi connectivity index (χ2n) is 7.77. The minimum absolute atomic E-state index is 0.0970. The summed E-state index contributed by atoms with van der Waals surface area (Å²) in [6, 6.07) is 19.0. The molecule has 0 aliphatic heterocycles. The van der Waals surface area contributed by atoms with Gasteiger partial charge in [-0.15, -0.1) is 0 Å². The molecule has 0 spiro atoms. The third-order valence-electron chi connectivity index (χ3n) is 4.85. The Hall–Kier alpha value is -3.98. The molecule has 14 heteroatoms. The molecule has 0 bridgehead atoms. The van der Waals surface area contributed by atoms with Crippen molar-refractivity contribution in [2.24, 2.45) is 0 Å². The molecule has 0 aliphatic carbocycles. The second kappa shape index (κ2) is 12.7. The van der Waals surface area contributed by atoms with E-state index in [9.17, 15) is 18.0 Å². The van der Waals surface area contributed by atoms with Crippen molar-refractivity contribution in [1.29, 1.82) is 0 Å². The van der Waals surface area contributed by atoms with Crippen LogP contribution in [0, 0.1) is 0 Å². The van der Waals surface area contributed by atoms with Crippen molar-refractivity contribution in [3.05, 3.63) is 78.6 Å². The highest BCUT2D eigenvalue weighted by Crippen LogP contribution is 2.37. The molecule has 4 aromatic rings. The molecule has 39 heavy (non-hydrogen) atoms. The van der Waals surface area contributed by atoms with Gasteiger partial charge < -0.3 is 14.8 Å². The van der Waals surface area contributed by atoms with Crippen LogP contribution in [0.15, 0.2) is 82.2 Å². The van der Waals surface area contributed by atoms with Crippen LogP contribution in [0.4, 0.5) is 10.8 Å². The summed E-state index contributed by atoms with van der Waals surface area (Å²) in [5, 5.41) is 5.80. The summed E-state index contributed by atoms with van der Waals surface area (Å²) < 4.78 is 37.4. The van der Waals surface area contributed by atoms with Crippen LogP contribution in [0.25, 0.3) is 0 Å². The van der Waals surface area contributed by atoms with E-state index >= 15 is 0 Å². The van der Waals surface area contributed by atoms with Crippen LogP contribution in [0.1, 0.15) is 5.69 Å². The fourth-order valence-corrected chi connectivity index (χ4v) is 5.55. The molecule has 4 rings (SSSR count). The lowest BCUT2D eigenvalue weighted by Gasteiger charge is -2.13. The minimum Gasteiger partial charge on any atom is -0.493 e. The topological polar surface area (TPSA) is 149 Å². The zero-order valence-corrected chi connectivity index (χ0v) is 23.2. The highest BCUT2D eigenvalue weighted by molar-refractivity contribution is 8.01. The summed E-state index contributed by atoms with van der Waals surface area (Å²) in [4.78, 5) is 34.1. The number of ether oxygens (including phenoxy) is 2. The molecular formula is C25H23N5O6S3. The van der Waals surface area contributed by atoms with Gasteiger partial charge in [-0.2, -0.15) is 0 Å². The van der Waals surface area contributed by atoms with Crippen LogP contribution in [-0.2, 0) is 26.2 Å². The van der Waals surface area contributed by atoms with Gasteiger partial charge in [0.2, 0.25) is 10.0 Å². The number of anilines is 2. The average Bonchev–Trinajstić information content (AvgIpc) is 3.29. The maximum absolute atomic E-state index is 12.8. The smallest absolute Gasteiger partial charge is 0.315 e. The van der Waals surface area contributed by atoms with E-state index in [4.69, 9.17) is 9.47 Å². The molecular weight excluding hydrogens is 563 g/mol. The first-order chi connectivity index (χ1) is 18.7. The molecule has 0 aliphatic rings. The zero-order valence-electron chi connectivity index (χ0n) is 20.7. The number of para-hydroxylation sites is 4. The molecule has 2 aromatic carbocycles. The fraction of sp³-hybridized carbons (Fsp3) is 0.120. The quantitative estimate of drug-likeness (QED) is 0.234. The molecule has 2 amide bonds. The Balaban J connectivity index is 1.48. The molecule has 0 radical (unpaired) electrons. The first kappa shape index (κ1) is 28.0. The highest BCUT2D eigenvalue weighted by Gasteiger charge is 2.21. The lowest BCUT2D eigenvalue weighted by molar-refractivity contribution is -0.133. The monoisotopic (exact) mass is 585 g/mol. The number of sulfonamides is 1. The van der Waals surface area contributed by atoms with Crippen molar-refractivity contribution < 1.29 is 27.5 Å². The van der Waals surface area contributed by atoms with Crippen LogP contribution < -0.4 is 24.8 Å². The van der Waals surface area contributed by atoms with Gasteiger partial charge in [-0.1, -0.05) is 53.4 Å². The lowest BCUT2D eigenvalue weighted by atomic mass is 10.2. The van der Waals surface area contributed by atoms with E-state index in [1.54, 1.807) is 66.9 Å². The van der Waals surface area contributed by atoms with E-state index in [2.05, 4.69) is 25.3 Å². The summed E-state index contributed by atoms with van der Waals surface area (Å²) in [7, 11) is -1.97. The second-order valence-corrected chi connectivity index (χ2v) is 11.9. The summed E-state index contributed by atoms with van der Waals surface area (Å²) in [6.07, 6.45) is 2.66. The molecule has 202 valence electrons. The van der Waals surface area contributed by atoms with E-state index in [0.717, 1.165) is 17.6 Å². The molecule has 0 atom stereocenters. The van der Waals surface area contributed by atoms with Crippen LogP contribution in [-0.4, -0.2) is 43.6 Å². The third kappa shape index (κ3) is 8.00. The first-order valence-electron chi connectivity index (χ1n) is 11.3. The normalized spacial score (nSPS) is 11.0. The molecule has 0 unspecified atom stereocenters. The van der Waals surface area contributed by atoms with Gasteiger partial charge in [-0.05, 0) is 36.4 Å². The Kier molecular flexibility index (Phi) is 9.14. The van der Waals surface area contributed by atoms with Crippen molar-refractivity contribution in [2.75, 3.05) is 24.0 Å². The predicted molar refractivity (Wildman–Crippen MR) is 149 cm³/mol. The van der Waals surface area contributed by atoms with Gasteiger partial charge in [0.1, 0.15) is 5.03 Å². The van der Waals surface area contributed by atoms with Crippen LogP contribution in [0.3, 0.4) is 0 Å². The standard InChI is InChI=1S/C25H23N5O6S3/c1-35-19-11-5-6-12-20(19)36-18-10-4-3-9-16(18)28-22(31)23(32)30-25-29-17(15-27-39(2,33)34)24(38-25)37-21-13-7-8-14-26-21/h3-14,27H,15H2,1-2H3,(H,28,31)(H,29,30,32). The van der Waals surface area contributed by atoms with Crippen LogP contribution >= 0.6 is 23.1 Å². The number of methoxy groups -OCH3 is 1. The number of aromatic nitrogens is 2. The third-order valence-corrected chi connectivity index (χ3v) is 7.70. The van der Waals surface area contributed by atoms with E-state index in [1.165, 1.54) is 18.9 Å². The first-order valence-corrected chi connectivity index (χ1v) is 14.8. The van der Waals surface area contributed by atoms with E-state index in [0.29, 0.717) is 32.2 Å². The SMILES string of the molecule is COc1ccccc1Oc1ccccc1NC(=O)C(=O)Nc1nc(CNS(C)(=O)=O)c(Sc2ccccn2)s1. The summed E-state index contributed by atoms with van der Waals surface area (Å²) >= 11 is 2.35. The van der Waals surface area contributed by atoms with Crippen molar-refractivity contribution in [3.63, 3.8) is 0 Å². The van der Waals surface area contributed by atoms with Gasteiger partial charge in [0.15, 0.2) is 22.4 Å². The highest BCUT2D eigenvalue weighted by atomic mass is 32.2. The predicted octanol–water partition coefficient (Wildman–Crippen LogP) is 4.12. The van der Waals surface area contributed by atoms with E-state index in [-0.39, 0.29) is 17.4 Å². The van der Waals surface area contributed by atoms with E-state index < -0.39 is 21.8 Å². The number of thiazole rings is 1. The summed E-state index contributed by atoms with van der Waals surface area (Å²) in [5.41, 5.74) is 0.652. The van der Waals surface area contributed by atoms with Crippen molar-refractivity contribution in [1.82, 2.24) is 14.7 Å². The number of pyridine rings is 1. The number of carbonyl (C=O) groups is 2. The van der Waals surface area contributed by atoms with Gasteiger partial charge in [-0.25, -0.2) is 23.1 Å². The maximum atomic E-state index is 12.8. The summed E-state index contributed by atoms with van der Waals surface area (Å²) in [5.74, 6) is -0.674. The number of nitrogens with one attached hydrogen (secondary N) is 3. The summed E-state index contributed by atoms with van der Waals surface area (Å²) in [6.45, 7) is -0.0970. The molecule has 0 saturated heterocycles. The molecule has 2 aromatic heterocycles. The number of hydrogen-bond acceptors (Lipinski definition) is 10. The molecule has 3 N–H and O–H groups in total. The number of rotatable bonds is 10. The Bertz CT molecular complexity index is 1580. The Morgan fingerprint density at radius 2 is 1.59 bits per heavy atom. The Labute approximate surface area is 233 Å². The van der Waals surface area contributed by atoms with E-state index in [1.807, 2.05) is 6.07 Å². The number of amides is 2. The Morgan fingerprint density at radius 1 is 0.923 bits per heavy atom. The van der Waals surface area contributed by atoms with Gasteiger partial charge in [-0.3, -0.25) is 14.9 Å². The number of carbonyl (C=O) groups excluding carboxylic acids is 2. The number of benzene rings is 2. The number of nitrogens with zero attached hydrogens (tertiary/aromatic N) is 2. The lowest BCUT2D eigenvalue weighted by Crippen LogP contribution is -2.29. The maximum Gasteiger partial charge on any atom is 0.315 e. The average molecular weight is 586 g/mol. The largest absolute Gasteiger partial charge is 0.493 e. The molecule has 11 nitrogen and oxygen atoms in total. The Morgan fingerprint density at radius 3 is 2.28 bits per heavy atom. The van der Waals surface area contributed by atoms with Crippen LogP contribution in [0.5, 0.6) is 17.2 Å². The van der Waals surface area contributed by atoms with Gasteiger partial charge >= 0.3 is 11.8 Å². The van der Waals surface area contributed by atoms with Gasteiger partial charge in [0.05, 0.1) is 35.5 Å². The van der Waals surface area contributed by atoms with Crippen molar-refractivity contribution in [2.45, 2.75) is 15.8 Å². The molecule has 0 saturated carbocycles. The van der Waals surface area contributed by atoms with Gasteiger partial charge in [0, 0.05) is 6.20 Å². The fourth-order valence-electron chi connectivity index (χ4n) is 3.10. The van der Waals surface area contributed by atoms with Crippen LogP contribution in [0.2, 0.25) is 0 Å². The van der Waals surface area contributed by atoms with Crippen molar-refractivity contribution in [3.8, 4) is 17.2 Å². The minimum atomic E-state index is -3.49. The van der Waals surface area contributed by atoms with Crippen molar-refractivity contribution >= 4 is 55.8 Å². The number of hydrogen-bond donors (Lipinski definition) is 3. The molecule has 2 heterocycles. The molecule has 0 fully saturated rings.